The van der Waals surface area contributed by atoms with E-state index >= 15 is 0 Å². The van der Waals surface area contributed by atoms with Crippen LogP contribution < -0.4 is 4.90 Å². The number of hydrogen-bond donors (Lipinski definition) is 1. The first kappa shape index (κ1) is 18.7. The number of anilines is 1. The second kappa shape index (κ2) is 7.20. The molecule has 1 N–H and O–H groups in total. The number of hydrogen-bond acceptors (Lipinski definition) is 4. The summed E-state index contributed by atoms with van der Waals surface area (Å²) in [5.74, 6) is -0.691. The summed E-state index contributed by atoms with van der Waals surface area (Å²) in [4.78, 5) is 28.3. The molecule has 5 rings (SSSR count). The third-order valence-corrected chi connectivity index (χ3v) is 6.57. The molecule has 5 heteroatoms. The van der Waals surface area contributed by atoms with Crippen molar-refractivity contribution in [2.75, 3.05) is 4.90 Å². The summed E-state index contributed by atoms with van der Waals surface area (Å²) in [6.45, 7) is 0.326. The average molecular weight is 413 g/mol. The molecular formula is C25H19NO3S. The molecule has 1 aromatic heterocycles. The summed E-state index contributed by atoms with van der Waals surface area (Å²) in [6.07, 6.45) is -0.268. The highest BCUT2D eigenvalue weighted by molar-refractivity contribution is 7.12. The maximum Gasteiger partial charge on any atom is 0.264 e. The monoisotopic (exact) mass is 413 g/mol. The highest BCUT2D eigenvalue weighted by Gasteiger charge is 2.50. The van der Waals surface area contributed by atoms with E-state index < -0.39 is 11.5 Å². The molecule has 0 bridgehead atoms. The molecule has 0 radical (unpaired) electrons. The molecule has 2 heterocycles. The van der Waals surface area contributed by atoms with E-state index in [0.29, 0.717) is 22.7 Å². The van der Waals surface area contributed by atoms with Gasteiger partial charge in [0.2, 0.25) is 0 Å². The molecule has 4 aromatic rings. The van der Waals surface area contributed by atoms with Crippen molar-refractivity contribution in [1.29, 1.82) is 0 Å². The quantitative estimate of drug-likeness (QED) is 0.473. The first-order chi connectivity index (χ1) is 14.6. The maximum absolute atomic E-state index is 13.5. The Morgan fingerprint density at radius 1 is 0.933 bits per heavy atom. The number of carbonyl (C=O) groups is 2. The molecule has 0 spiro atoms. The zero-order chi connectivity index (χ0) is 20.7. The third kappa shape index (κ3) is 2.95. The van der Waals surface area contributed by atoms with Gasteiger partial charge >= 0.3 is 0 Å². The molecule has 0 aliphatic carbocycles. The van der Waals surface area contributed by atoms with Gasteiger partial charge in [-0.25, -0.2) is 0 Å². The normalized spacial score (nSPS) is 18.0. The van der Waals surface area contributed by atoms with Crippen LogP contribution in [0.4, 0.5) is 5.69 Å². The van der Waals surface area contributed by atoms with Crippen molar-refractivity contribution in [3.63, 3.8) is 0 Å². The Kier molecular flexibility index (Phi) is 4.50. The zero-order valence-corrected chi connectivity index (χ0v) is 16.9. The molecule has 1 amide bonds. The summed E-state index contributed by atoms with van der Waals surface area (Å²) < 4.78 is 0. The Morgan fingerprint density at radius 3 is 2.53 bits per heavy atom. The Bertz CT molecular complexity index is 1260. The second-order valence-electron chi connectivity index (χ2n) is 7.48. The van der Waals surface area contributed by atoms with Gasteiger partial charge in [0.1, 0.15) is 0 Å². The highest BCUT2D eigenvalue weighted by Crippen LogP contribution is 2.44. The van der Waals surface area contributed by atoms with Crippen molar-refractivity contribution in [1.82, 2.24) is 0 Å². The van der Waals surface area contributed by atoms with E-state index in [4.69, 9.17) is 0 Å². The number of thiophene rings is 1. The SMILES string of the molecule is O=C(C[C@]1(O)C(=O)N(Cc2cccc3ccccc23)c2ccccc21)c1cccs1. The summed E-state index contributed by atoms with van der Waals surface area (Å²) >= 11 is 1.31. The topological polar surface area (TPSA) is 57.6 Å². The minimum Gasteiger partial charge on any atom is -0.375 e. The van der Waals surface area contributed by atoms with E-state index in [1.54, 1.807) is 29.2 Å². The van der Waals surface area contributed by atoms with Crippen LogP contribution in [0.3, 0.4) is 0 Å². The van der Waals surface area contributed by atoms with Gasteiger partial charge in [-0.2, -0.15) is 0 Å². The van der Waals surface area contributed by atoms with Gasteiger partial charge in [-0.15, -0.1) is 11.3 Å². The van der Waals surface area contributed by atoms with Crippen molar-refractivity contribution >= 4 is 39.5 Å². The van der Waals surface area contributed by atoms with Crippen LogP contribution >= 0.6 is 11.3 Å². The highest BCUT2D eigenvalue weighted by atomic mass is 32.1. The number of ketones is 1. The van der Waals surface area contributed by atoms with Crippen LogP contribution in [-0.4, -0.2) is 16.8 Å². The van der Waals surface area contributed by atoms with Gasteiger partial charge in [-0.1, -0.05) is 66.7 Å². The maximum atomic E-state index is 13.5. The average Bonchev–Trinajstić information content (AvgIpc) is 3.38. The molecule has 148 valence electrons. The van der Waals surface area contributed by atoms with Crippen molar-refractivity contribution in [3.8, 4) is 0 Å². The Hall–Kier alpha value is -3.28. The van der Waals surface area contributed by atoms with Crippen molar-refractivity contribution in [2.24, 2.45) is 0 Å². The van der Waals surface area contributed by atoms with Gasteiger partial charge in [0, 0.05) is 5.56 Å². The minimum absolute atomic E-state index is 0.234. The smallest absolute Gasteiger partial charge is 0.264 e. The lowest BCUT2D eigenvalue weighted by molar-refractivity contribution is -0.136. The molecule has 0 saturated heterocycles. The molecule has 0 fully saturated rings. The molecule has 1 aliphatic heterocycles. The van der Waals surface area contributed by atoms with Crippen LogP contribution in [0.2, 0.25) is 0 Å². The van der Waals surface area contributed by atoms with Gasteiger partial charge in [-0.05, 0) is 33.8 Å². The molecule has 0 unspecified atom stereocenters. The Balaban J connectivity index is 1.54. The van der Waals surface area contributed by atoms with Crippen LogP contribution in [0.1, 0.15) is 27.2 Å². The number of rotatable bonds is 5. The fraction of sp³-hybridized carbons (Fsp3) is 0.120. The van der Waals surface area contributed by atoms with Gasteiger partial charge in [0.15, 0.2) is 11.4 Å². The van der Waals surface area contributed by atoms with Crippen molar-refractivity contribution in [3.05, 3.63) is 100 Å². The molecular weight excluding hydrogens is 394 g/mol. The number of carbonyl (C=O) groups excluding carboxylic acids is 2. The summed E-state index contributed by atoms with van der Waals surface area (Å²) in [5.41, 5.74) is 0.268. The second-order valence-corrected chi connectivity index (χ2v) is 8.43. The minimum atomic E-state index is -1.86. The summed E-state index contributed by atoms with van der Waals surface area (Å²) in [5, 5.41) is 15.4. The van der Waals surface area contributed by atoms with E-state index in [9.17, 15) is 14.7 Å². The Labute approximate surface area is 178 Å². The van der Waals surface area contributed by atoms with Crippen LogP contribution in [0, 0.1) is 0 Å². The van der Waals surface area contributed by atoms with Crippen molar-refractivity contribution in [2.45, 2.75) is 18.6 Å². The number of fused-ring (bicyclic) bond motifs is 2. The standard InChI is InChI=1S/C25H19NO3S/c27-22(23-13-6-14-30-23)15-25(29)20-11-3-4-12-21(20)26(24(25)28)16-18-9-5-8-17-7-1-2-10-19(17)18/h1-14,29H,15-16H2/t25-/m1/s1. The number of para-hydroxylation sites is 1. The van der Waals surface area contributed by atoms with Crippen LogP contribution in [0.15, 0.2) is 84.2 Å². The predicted octanol–water partition coefficient (Wildman–Crippen LogP) is 4.91. The molecule has 0 saturated carbocycles. The fourth-order valence-corrected chi connectivity index (χ4v) is 4.86. The van der Waals surface area contributed by atoms with E-state index in [2.05, 4.69) is 0 Å². The largest absolute Gasteiger partial charge is 0.375 e. The fourth-order valence-electron chi connectivity index (χ4n) is 4.19. The van der Waals surface area contributed by atoms with Crippen LogP contribution in [0.5, 0.6) is 0 Å². The molecule has 30 heavy (non-hydrogen) atoms. The lowest BCUT2D eigenvalue weighted by Crippen LogP contribution is -2.41. The lowest BCUT2D eigenvalue weighted by Gasteiger charge is -2.23. The van der Waals surface area contributed by atoms with Gasteiger partial charge in [-0.3, -0.25) is 9.59 Å². The zero-order valence-electron chi connectivity index (χ0n) is 16.1. The number of amides is 1. The summed E-state index contributed by atoms with van der Waals surface area (Å²) in [6, 6.07) is 24.7. The van der Waals surface area contributed by atoms with Gasteiger partial charge in [0.05, 0.1) is 23.5 Å². The van der Waals surface area contributed by atoms with E-state index in [-0.39, 0.29) is 12.2 Å². The number of benzene rings is 3. The van der Waals surface area contributed by atoms with Gasteiger partial charge in [0.25, 0.3) is 5.91 Å². The number of aliphatic hydroxyl groups is 1. The molecule has 4 nitrogen and oxygen atoms in total. The lowest BCUT2D eigenvalue weighted by atomic mass is 9.89. The van der Waals surface area contributed by atoms with E-state index in [1.807, 2.05) is 60.0 Å². The van der Waals surface area contributed by atoms with Crippen LogP contribution in [-0.2, 0) is 16.9 Å². The van der Waals surface area contributed by atoms with E-state index in [1.165, 1.54) is 11.3 Å². The molecule has 3 aromatic carbocycles. The predicted molar refractivity (Wildman–Crippen MR) is 119 cm³/mol. The van der Waals surface area contributed by atoms with E-state index in [0.717, 1.165) is 16.3 Å². The van der Waals surface area contributed by atoms with Crippen LogP contribution in [0.25, 0.3) is 10.8 Å². The van der Waals surface area contributed by atoms with Gasteiger partial charge < -0.3 is 10.0 Å². The first-order valence-electron chi connectivity index (χ1n) is 9.75. The molecule has 1 aliphatic rings. The summed E-state index contributed by atoms with van der Waals surface area (Å²) in [7, 11) is 0. The Morgan fingerprint density at radius 2 is 1.70 bits per heavy atom. The third-order valence-electron chi connectivity index (χ3n) is 5.66. The number of nitrogens with zero attached hydrogens (tertiary/aromatic N) is 1. The first-order valence-corrected chi connectivity index (χ1v) is 10.6. The van der Waals surface area contributed by atoms with Crippen molar-refractivity contribution < 1.29 is 14.7 Å². The number of Topliss-reactive ketones (excluding diaryl/α,β-unsaturated/α-hetero) is 1. The molecule has 1 atom stereocenters.